The fourth-order valence-corrected chi connectivity index (χ4v) is 5.55. The van der Waals surface area contributed by atoms with Gasteiger partial charge in [-0.3, -0.25) is 14.4 Å². The SMILES string of the molecule is CC.CC.Nc1cccc2c1C(=O)c1c(O)c3c(c(O)c1C2=O)C[C@@H](C(=O)COC1CCCC(COCF)O1)CC3. The van der Waals surface area contributed by atoms with Crippen LogP contribution >= 0.6 is 0 Å². The number of halogens is 1. The molecule has 0 aromatic heterocycles. The number of anilines is 1. The van der Waals surface area contributed by atoms with Gasteiger partial charge in [-0.25, -0.2) is 4.39 Å². The second-order valence-electron chi connectivity index (χ2n) is 9.65. The number of nitrogen functional groups attached to an aromatic ring is 1. The van der Waals surface area contributed by atoms with Gasteiger partial charge in [0.05, 0.1) is 29.4 Å². The van der Waals surface area contributed by atoms with Crippen molar-refractivity contribution < 1.29 is 43.2 Å². The van der Waals surface area contributed by atoms with E-state index in [9.17, 15) is 29.0 Å². The van der Waals surface area contributed by atoms with Gasteiger partial charge in [-0.15, -0.1) is 0 Å². The van der Waals surface area contributed by atoms with Crippen LogP contribution in [-0.4, -0.2) is 60.0 Å². The maximum absolute atomic E-state index is 13.2. The molecule has 0 spiro atoms. The minimum atomic E-state index is -0.890. The first-order chi connectivity index (χ1) is 19.8. The lowest BCUT2D eigenvalue weighted by molar-refractivity contribution is -0.207. The zero-order chi connectivity index (χ0) is 30.3. The molecule has 224 valence electrons. The average molecular weight is 574 g/mol. The Morgan fingerprint density at radius 1 is 1.00 bits per heavy atom. The molecule has 1 aliphatic heterocycles. The third-order valence-electron chi connectivity index (χ3n) is 7.43. The lowest BCUT2D eigenvalue weighted by Gasteiger charge is -2.31. The standard InChI is InChI=1S/C27H28FNO8.2C2H6/c28-12-35-10-14-3-1-6-20(37-14)36-11-19(30)13-7-8-15-17(9-13)26(33)22-23(24(15)31)27(34)21-16(25(22)32)4-2-5-18(21)29;2*1-2/h2,4-5,13-14,20,31,33H,1,3,6-12,29H2;2*1-2H3/t13-,14?,20?;;/m0../s1. The smallest absolute Gasteiger partial charge is 0.200 e. The summed E-state index contributed by atoms with van der Waals surface area (Å²) in [4.78, 5) is 39.4. The van der Waals surface area contributed by atoms with Crippen molar-refractivity contribution in [3.8, 4) is 11.5 Å². The van der Waals surface area contributed by atoms with Crippen LogP contribution in [0.2, 0.25) is 0 Å². The van der Waals surface area contributed by atoms with Gasteiger partial charge in [0.25, 0.3) is 0 Å². The summed E-state index contributed by atoms with van der Waals surface area (Å²) in [6.07, 6.45) is 1.94. The van der Waals surface area contributed by atoms with Crippen LogP contribution in [0.4, 0.5) is 10.1 Å². The molecule has 9 nitrogen and oxygen atoms in total. The number of Topliss-reactive ketones (excluding diaryl/α,β-unsaturated/α-hetero) is 1. The Morgan fingerprint density at radius 2 is 1.68 bits per heavy atom. The van der Waals surface area contributed by atoms with Crippen molar-refractivity contribution in [1.29, 1.82) is 0 Å². The molecule has 2 aromatic carbocycles. The van der Waals surface area contributed by atoms with E-state index in [1.165, 1.54) is 12.1 Å². The highest BCUT2D eigenvalue weighted by Gasteiger charge is 2.40. The van der Waals surface area contributed by atoms with Gasteiger partial charge in [0.15, 0.2) is 30.5 Å². The minimum absolute atomic E-state index is 0.0130. The van der Waals surface area contributed by atoms with E-state index in [1.807, 2.05) is 27.7 Å². The maximum atomic E-state index is 13.2. The van der Waals surface area contributed by atoms with Gasteiger partial charge in [0.2, 0.25) is 0 Å². The number of phenolic OH excluding ortho intramolecular Hbond substituents is 2. The summed E-state index contributed by atoms with van der Waals surface area (Å²) in [5, 5.41) is 22.1. The Kier molecular flexibility index (Phi) is 11.4. The minimum Gasteiger partial charge on any atom is -0.507 e. The molecule has 10 heteroatoms. The van der Waals surface area contributed by atoms with E-state index in [0.29, 0.717) is 18.4 Å². The van der Waals surface area contributed by atoms with Crippen molar-refractivity contribution >= 4 is 23.0 Å². The molecule has 3 aliphatic rings. The number of nitrogens with two attached hydrogens (primary N) is 1. The van der Waals surface area contributed by atoms with Crippen LogP contribution in [-0.2, 0) is 31.8 Å². The first-order valence-electron chi connectivity index (χ1n) is 14.3. The van der Waals surface area contributed by atoms with Gasteiger partial charge in [-0.2, -0.15) is 0 Å². The van der Waals surface area contributed by atoms with Gasteiger partial charge in [-0.1, -0.05) is 39.8 Å². The molecule has 2 aliphatic carbocycles. The number of aromatic hydroxyl groups is 2. The van der Waals surface area contributed by atoms with Crippen LogP contribution in [0.1, 0.15) is 96.3 Å². The Hall–Kier alpha value is -3.34. The van der Waals surface area contributed by atoms with E-state index < -0.39 is 30.6 Å². The number of ketones is 3. The maximum Gasteiger partial charge on any atom is 0.200 e. The molecule has 2 aromatic rings. The number of carbonyl (C=O) groups is 3. The molecule has 0 saturated carbocycles. The van der Waals surface area contributed by atoms with Gasteiger partial charge >= 0.3 is 0 Å². The molecule has 4 N–H and O–H groups in total. The van der Waals surface area contributed by atoms with Crippen LogP contribution in [0.15, 0.2) is 18.2 Å². The van der Waals surface area contributed by atoms with Crippen molar-refractivity contribution in [3.63, 3.8) is 0 Å². The predicted octanol–water partition coefficient (Wildman–Crippen LogP) is 5.04. The third-order valence-corrected chi connectivity index (χ3v) is 7.43. The van der Waals surface area contributed by atoms with Crippen molar-refractivity contribution in [2.45, 2.75) is 78.6 Å². The molecule has 0 amide bonds. The zero-order valence-electron chi connectivity index (χ0n) is 24.1. The van der Waals surface area contributed by atoms with Crippen molar-refractivity contribution in [3.05, 3.63) is 51.6 Å². The second-order valence-corrected chi connectivity index (χ2v) is 9.65. The van der Waals surface area contributed by atoms with Crippen molar-refractivity contribution in [2.75, 3.05) is 25.8 Å². The van der Waals surface area contributed by atoms with Crippen LogP contribution < -0.4 is 5.73 Å². The lowest BCUT2D eigenvalue weighted by atomic mass is 9.74. The third kappa shape index (κ3) is 6.45. The summed E-state index contributed by atoms with van der Waals surface area (Å²) in [5.41, 5.74) is 6.26. The highest BCUT2D eigenvalue weighted by molar-refractivity contribution is 6.32. The van der Waals surface area contributed by atoms with Crippen LogP contribution in [0.25, 0.3) is 0 Å². The molecule has 1 heterocycles. The quantitative estimate of drug-likeness (QED) is 0.261. The van der Waals surface area contributed by atoms with E-state index in [0.717, 1.165) is 12.8 Å². The molecule has 2 unspecified atom stereocenters. The highest BCUT2D eigenvalue weighted by Crippen LogP contribution is 2.47. The fraction of sp³-hybridized carbons (Fsp3) is 0.516. The number of alkyl halides is 1. The largest absolute Gasteiger partial charge is 0.507 e. The lowest BCUT2D eigenvalue weighted by Crippen LogP contribution is -2.35. The molecule has 0 bridgehead atoms. The van der Waals surface area contributed by atoms with Gasteiger partial charge in [0, 0.05) is 28.3 Å². The number of phenols is 2. The van der Waals surface area contributed by atoms with E-state index in [4.69, 9.17) is 19.9 Å². The molecule has 41 heavy (non-hydrogen) atoms. The molecule has 0 radical (unpaired) electrons. The van der Waals surface area contributed by atoms with E-state index in [-0.39, 0.29) is 82.9 Å². The van der Waals surface area contributed by atoms with E-state index in [1.54, 1.807) is 6.07 Å². The van der Waals surface area contributed by atoms with E-state index >= 15 is 0 Å². The first kappa shape index (κ1) is 32.2. The fourth-order valence-electron chi connectivity index (χ4n) is 5.55. The normalized spacial score (nSPS) is 20.9. The van der Waals surface area contributed by atoms with Crippen LogP contribution in [0.5, 0.6) is 11.5 Å². The molecular formula is C31H40FNO8. The molecular weight excluding hydrogens is 533 g/mol. The number of fused-ring (bicyclic) bond motifs is 3. The molecule has 3 atom stereocenters. The molecule has 1 fully saturated rings. The Labute approximate surface area is 239 Å². The number of ether oxygens (including phenoxy) is 3. The van der Waals surface area contributed by atoms with Gasteiger partial charge in [-0.05, 0) is 44.6 Å². The van der Waals surface area contributed by atoms with Gasteiger partial charge in [0.1, 0.15) is 18.1 Å². The number of rotatable bonds is 7. The summed E-state index contributed by atoms with van der Waals surface area (Å²) < 4.78 is 28.4. The zero-order valence-corrected chi connectivity index (χ0v) is 24.1. The van der Waals surface area contributed by atoms with Crippen molar-refractivity contribution in [1.82, 2.24) is 0 Å². The summed E-state index contributed by atoms with van der Waals surface area (Å²) >= 11 is 0. The van der Waals surface area contributed by atoms with Crippen LogP contribution in [0.3, 0.4) is 0 Å². The second kappa shape index (κ2) is 14.5. The monoisotopic (exact) mass is 573 g/mol. The summed E-state index contributed by atoms with van der Waals surface area (Å²) in [6.45, 7) is 7.02. The summed E-state index contributed by atoms with van der Waals surface area (Å²) in [6, 6.07) is 4.50. The topological polar surface area (TPSA) is 145 Å². The number of hydrogen-bond donors (Lipinski definition) is 3. The number of hydrogen-bond acceptors (Lipinski definition) is 9. The van der Waals surface area contributed by atoms with E-state index in [2.05, 4.69) is 0 Å². The molecule has 5 rings (SSSR count). The number of carbonyl (C=O) groups excluding carboxylic acids is 3. The summed E-state index contributed by atoms with van der Waals surface area (Å²) in [5.74, 6) is -2.68. The Bertz CT molecular complexity index is 1280. The van der Waals surface area contributed by atoms with Crippen LogP contribution in [0, 0.1) is 5.92 Å². The first-order valence-corrected chi connectivity index (χ1v) is 14.3. The Balaban J connectivity index is 0.00000111. The molecule has 1 saturated heterocycles. The predicted molar refractivity (Wildman–Crippen MR) is 151 cm³/mol. The Morgan fingerprint density at radius 3 is 2.39 bits per heavy atom. The van der Waals surface area contributed by atoms with Crippen molar-refractivity contribution in [2.24, 2.45) is 5.92 Å². The highest BCUT2D eigenvalue weighted by atomic mass is 19.1. The number of benzene rings is 2. The average Bonchev–Trinajstić information content (AvgIpc) is 3.01. The van der Waals surface area contributed by atoms with Gasteiger partial charge < -0.3 is 30.2 Å². The summed E-state index contributed by atoms with van der Waals surface area (Å²) in [7, 11) is 0.